The van der Waals surface area contributed by atoms with Gasteiger partial charge in [0.1, 0.15) is 5.76 Å². The summed E-state index contributed by atoms with van der Waals surface area (Å²) in [6.07, 6.45) is 5.95. The molecule has 0 radical (unpaired) electrons. The molecule has 102 valence electrons. The number of hydrogen-bond donors (Lipinski definition) is 1. The van der Waals surface area contributed by atoms with Crippen LogP contribution in [0.25, 0.3) is 0 Å². The van der Waals surface area contributed by atoms with Gasteiger partial charge in [0.25, 0.3) is 0 Å². The lowest BCUT2D eigenvalue weighted by molar-refractivity contribution is 0.198. The van der Waals surface area contributed by atoms with E-state index >= 15 is 0 Å². The van der Waals surface area contributed by atoms with Crippen molar-refractivity contribution in [2.75, 3.05) is 26.2 Å². The van der Waals surface area contributed by atoms with Gasteiger partial charge in [-0.3, -0.25) is 0 Å². The molecule has 3 heteroatoms. The quantitative estimate of drug-likeness (QED) is 0.841. The van der Waals surface area contributed by atoms with E-state index in [9.17, 15) is 0 Å². The van der Waals surface area contributed by atoms with Crippen LogP contribution in [0.2, 0.25) is 0 Å². The van der Waals surface area contributed by atoms with Crippen molar-refractivity contribution in [1.29, 1.82) is 0 Å². The Hall–Kier alpha value is -0.800. The number of likely N-dealkylation sites (tertiary alicyclic amines) is 1. The molecule has 1 aromatic heterocycles. The second-order valence-corrected chi connectivity index (χ2v) is 5.62. The van der Waals surface area contributed by atoms with Crippen LogP contribution in [0.4, 0.5) is 0 Å². The van der Waals surface area contributed by atoms with Gasteiger partial charge in [-0.1, -0.05) is 13.3 Å². The molecule has 0 bridgehead atoms. The molecule has 2 rings (SSSR count). The molecule has 1 atom stereocenters. The van der Waals surface area contributed by atoms with Crippen molar-refractivity contribution in [2.24, 2.45) is 5.92 Å². The highest BCUT2D eigenvalue weighted by Crippen LogP contribution is 2.11. The zero-order chi connectivity index (χ0) is 12.8. The van der Waals surface area contributed by atoms with Gasteiger partial charge in [-0.2, -0.15) is 0 Å². The van der Waals surface area contributed by atoms with Crippen molar-refractivity contribution in [3.05, 3.63) is 23.7 Å². The van der Waals surface area contributed by atoms with Crippen LogP contribution in [0.3, 0.4) is 0 Å². The van der Waals surface area contributed by atoms with E-state index in [0.717, 1.165) is 18.8 Å². The average molecular weight is 250 g/mol. The maximum absolute atomic E-state index is 5.42. The number of nitrogens with zero attached hydrogens (tertiary/aromatic N) is 1. The molecule has 1 unspecified atom stereocenters. The second-order valence-electron chi connectivity index (χ2n) is 5.62. The first-order valence-electron chi connectivity index (χ1n) is 7.22. The van der Waals surface area contributed by atoms with E-state index in [0.29, 0.717) is 5.92 Å². The molecule has 18 heavy (non-hydrogen) atoms. The first-order chi connectivity index (χ1) is 8.75. The lowest BCUT2D eigenvalue weighted by Crippen LogP contribution is -2.36. The average Bonchev–Trinajstić information content (AvgIpc) is 2.76. The van der Waals surface area contributed by atoms with Gasteiger partial charge in [0, 0.05) is 6.54 Å². The molecule has 1 aliphatic rings. The molecule has 0 amide bonds. The molecule has 2 heterocycles. The third-order valence-corrected chi connectivity index (χ3v) is 3.77. The molecule has 0 saturated carbocycles. The van der Waals surface area contributed by atoms with Gasteiger partial charge in [0.2, 0.25) is 0 Å². The van der Waals surface area contributed by atoms with E-state index < -0.39 is 0 Å². The molecule has 3 nitrogen and oxygen atoms in total. The highest BCUT2D eigenvalue weighted by atomic mass is 16.3. The summed E-state index contributed by atoms with van der Waals surface area (Å²) in [6.45, 7) is 10.2. The Bertz CT molecular complexity index is 342. The molecular weight excluding hydrogens is 224 g/mol. The smallest absolute Gasteiger partial charge is 0.120 e. The zero-order valence-electron chi connectivity index (χ0n) is 11.7. The van der Waals surface area contributed by atoms with Gasteiger partial charge < -0.3 is 14.6 Å². The Balaban J connectivity index is 1.62. The van der Waals surface area contributed by atoms with E-state index in [1.807, 2.05) is 6.07 Å². The van der Waals surface area contributed by atoms with Gasteiger partial charge in [-0.15, -0.1) is 0 Å². The fourth-order valence-corrected chi connectivity index (χ4v) is 2.66. The maximum Gasteiger partial charge on any atom is 0.120 e. The van der Waals surface area contributed by atoms with E-state index in [1.54, 1.807) is 6.26 Å². The minimum atomic E-state index is 0.707. The highest BCUT2D eigenvalue weighted by molar-refractivity contribution is 5.13. The minimum Gasteiger partial charge on any atom is -0.468 e. The number of furan rings is 1. The number of piperidine rings is 1. The molecular formula is C15H26N2O. The molecule has 1 fully saturated rings. The summed E-state index contributed by atoms with van der Waals surface area (Å²) < 4.78 is 5.42. The van der Waals surface area contributed by atoms with Crippen LogP contribution in [0.1, 0.15) is 37.5 Å². The number of aryl methyl sites for hydroxylation is 1. The molecule has 0 aromatic carbocycles. The Labute approximate surface area is 111 Å². The van der Waals surface area contributed by atoms with Crippen molar-refractivity contribution in [3.8, 4) is 0 Å². The zero-order valence-corrected chi connectivity index (χ0v) is 11.7. The Morgan fingerprint density at radius 1 is 1.33 bits per heavy atom. The van der Waals surface area contributed by atoms with E-state index in [-0.39, 0.29) is 0 Å². The summed E-state index contributed by atoms with van der Waals surface area (Å²) in [5.41, 5.74) is 1.24. The molecule has 0 aliphatic carbocycles. The molecule has 1 aromatic rings. The molecule has 1 saturated heterocycles. The van der Waals surface area contributed by atoms with E-state index in [4.69, 9.17) is 4.42 Å². The summed E-state index contributed by atoms with van der Waals surface area (Å²) in [5.74, 6) is 1.78. The van der Waals surface area contributed by atoms with E-state index in [1.165, 1.54) is 44.5 Å². The molecule has 1 N–H and O–H groups in total. The van der Waals surface area contributed by atoms with Gasteiger partial charge in [-0.25, -0.2) is 0 Å². The van der Waals surface area contributed by atoms with Crippen LogP contribution < -0.4 is 5.32 Å². The van der Waals surface area contributed by atoms with Gasteiger partial charge in [0.05, 0.1) is 12.8 Å². The molecule has 1 aliphatic heterocycles. The summed E-state index contributed by atoms with van der Waals surface area (Å²) in [7, 11) is 0. The number of nitrogens with one attached hydrogen (secondary N) is 1. The van der Waals surface area contributed by atoms with Crippen molar-refractivity contribution < 1.29 is 4.42 Å². The summed E-state index contributed by atoms with van der Waals surface area (Å²) >= 11 is 0. The van der Waals surface area contributed by atoms with Crippen molar-refractivity contribution in [2.45, 2.75) is 39.7 Å². The van der Waals surface area contributed by atoms with Crippen molar-refractivity contribution in [1.82, 2.24) is 10.2 Å². The lowest BCUT2D eigenvalue weighted by atomic mass is 10.1. The maximum atomic E-state index is 5.42. The van der Waals surface area contributed by atoms with Gasteiger partial charge in [0.15, 0.2) is 0 Å². The van der Waals surface area contributed by atoms with Crippen LogP contribution in [0, 0.1) is 12.8 Å². The fraction of sp³-hybridized carbons (Fsp3) is 0.733. The Morgan fingerprint density at radius 3 is 2.78 bits per heavy atom. The summed E-state index contributed by atoms with van der Waals surface area (Å²) in [5, 5.41) is 3.50. The van der Waals surface area contributed by atoms with Crippen molar-refractivity contribution >= 4 is 0 Å². The summed E-state index contributed by atoms with van der Waals surface area (Å²) in [6, 6.07) is 2.02. The first kappa shape index (κ1) is 13.6. The largest absolute Gasteiger partial charge is 0.468 e. The normalized spacial score (nSPS) is 19.0. The van der Waals surface area contributed by atoms with Gasteiger partial charge >= 0.3 is 0 Å². The predicted molar refractivity (Wildman–Crippen MR) is 74.6 cm³/mol. The molecule has 0 spiro atoms. The Morgan fingerprint density at radius 2 is 2.11 bits per heavy atom. The van der Waals surface area contributed by atoms with Crippen LogP contribution in [-0.4, -0.2) is 31.1 Å². The first-order valence-corrected chi connectivity index (χ1v) is 7.22. The van der Waals surface area contributed by atoms with Crippen molar-refractivity contribution in [3.63, 3.8) is 0 Å². The standard InChI is InChI=1S/C15H26N2O/c1-13(12-17-7-4-3-5-8-17)10-16-11-15-14(2)6-9-18-15/h6,9,13,16H,3-5,7-8,10-12H2,1-2H3. The van der Waals surface area contributed by atoms with E-state index in [2.05, 4.69) is 24.1 Å². The number of rotatable bonds is 6. The van der Waals surface area contributed by atoms with Gasteiger partial charge in [-0.05, 0) is 56.9 Å². The SMILES string of the molecule is Cc1ccoc1CNCC(C)CN1CCCCC1. The predicted octanol–water partition coefficient (Wildman–Crippen LogP) is 2.80. The minimum absolute atomic E-state index is 0.707. The van der Waals surface area contributed by atoms with Crippen LogP contribution in [-0.2, 0) is 6.54 Å². The second kappa shape index (κ2) is 6.95. The van der Waals surface area contributed by atoms with Crippen LogP contribution in [0.15, 0.2) is 16.7 Å². The highest BCUT2D eigenvalue weighted by Gasteiger charge is 2.13. The number of hydrogen-bond acceptors (Lipinski definition) is 3. The monoisotopic (exact) mass is 250 g/mol. The van der Waals surface area contributed by atoms with Crippen LogP contribution in [0.5, 0.6) is 0 Å². The summed E-state index contributed by atoms with van der Waals surface area (Å²) in [4.78, 5) is 2.61. The topological polar surface area (TPSA) is 28.4 Å². The van der Waals surface area contributed by atoms with Crippen LogP contribution >= 0.6 is 0 Å². The fourth-order valence-electron chi connectivity index (χ4n) is 2.66. The Kier molecular flexibility index (Phi) is 5.26. The third kappa shape index (κ3) is 4.14. The lowest BCUT2D eigenvalue weighted by Gasteiger charge is -2.29. The third-order valence-electron chi connectivity index (χ3n) is 3.77.